The molecule has 0 bridgehead atoms. The number of nitrogens with zero attached hydrogens (tertiary/aromatic N) is 4. The van der Waals surface area contributed by atoms with Crippen LogP contribution in [-0.4, -0.2) is 40.0 Å². The lowest BCUT2D eigenvalue weighted by atomic mass is 9.89. The zero-order chi connectivity index (χ0) is 18.2. The number of rotatable bonds is 5. The van der Waals surface area contributed by atoms with E-state index < -0.39 is 11.7 Å². The first-order valence-corrected chi connectivity index (χ1v) is 7.71. The monoisotopic (exact) mass is 356 g/mol. The van der Waals surface area contributed by atoms with E-state index in [1.165, 1.54) is 7.05 Å². The molecule has 136 valence electrons. The summed E-state index contributed by atoms with van der Waals surface area (Å²) in [5, 5.41) is 9.79. The van der Waals surface area contributed by atoms with Crippen LogP contribution in [-0.2, 0) is 17.5 Å². The fraction of sp³-hybridized carbons (Fsp3) is 0.533. The molecule has 3 heterocycles. The average Bonchev–Trinajstić information content (AvgIpc) is 2.83. The molecule has 2 aromatic heterocycles. The lowest BCUT2D eigenvalue weighted by Crippen LogP contribution is -2.43. The highest BCUT2D eigenvalue weighted by atomic mass is 19.4. The molecule has 1 aliphatic heterocycles. The van der Waals surface area contributed by atoms with Crippen molar-refractivity contribution in [2.24, 2.45) is 5.41 Å². The summed E-state index contributed by atoms with van der Waals surface area (Å²) >= 11 is 0. The normalized spacial score (nSPS) is 16.4. The van der Waals surface area contributed by atoms with E-state index >= 15 is 0 Å². The molecule has 1 aliphatic rings. The van der Waals surface area contributed by atoms with Crippen molar-refractivity contribution >= 4 is 17.5 Å². The number of ether oxygens (including phenoxy) is 1. The second-order valence-corrected chi connectivity index (χ2v) is 6.46. The highest BCUT2D eigenvalue weighted by Gasteiger charge is 2.35. The van der Waals surface area contributed by atoms with Crippen LogP contribution in [0.4, 0.5) is 30.6 Å². The zero-order valence-corrected chi connectivity index (χ0v) is 14.1. The fourth-order valence-corrected chi connectivity index (χ4v) is 2.62. The fourth-order valence-electron chi connectivity index (χ4n) is 2.62. The van der Waals surface area contributed by atoms with Gasteiger partial charge in [-0.1, -0.05) is 6.92 Å². The summed E-state index contributed by atoms with van der Waals surface area (Å²) in [6.45, 7) is 5.98. The van der Waals surface area contributed by atoms with Gasteiger partial charge in [0.25, 0.3) is 0 Å². The third kappa shape index (κ3) is 3.68. The molecule has 25 heavy (non-hydrogen) atoms. The van der Waals surface area contributed by atoms with E-state index in [4.69, 9.17) is 4.74 Å². The van der Waals surface area contributed by atoms with E-state index in [0.29, 0.717) is 31.1 Å². The number of anilines is 3. The summed E-state index contributed by atoms with van der Waals surface area (Å²) in [7, 11) is 1.38. The van der Waals surface area contributed by atoms with Crippen LogP contribution in [0.25, 0.3) is 0 Å². The van der Waals surface area contributed by atoms with Crippen LogP contribution < -0.4 is 10.6 Å². The van der Waals surface area contributed by atoms with Gasteiger partial charge in [-0.15, -0.1) is 0 Å². The molecule has 1 saturated heterocycles. The molecule has 1 fully saturated rings. The van der Waals surface area contributed by atoms with Gasteiger partial charge in [0, 0.05) is 24.9 Å². The van der Waals surface area contributed by atoms with Gasteiger partial charge in [-0.25, -0.2) is 4.98 Å². The smallest absolute Gasteiger partial charge is 0.380 e. The van der Waals surface area contributed by atoms with Gasteiger partial charge in [-0.3, -0.25) is 4.68 Å². The molecule has 7 nitrogen and oxygen atoms in total. The Morgan fingerprint density at radius 2 is 2.08 bits per heavy atom. The Morgan fingerprint density at radius 3 is 2.64 bits per heavy atom. The van der Waals surface area contributed by atoms with Gasteiger partial charge in [0.2, 0.25) is 5.95 Å². The zero-order valence-electron chi connectivity index (χ0n) is 14.1. The summed E-state index contributed by atoms with van der Waals surface area (Å²) < 4.78 is 45.7. The Balaban J connectivity index is 1.79. The van der Waals surface area contributed by atoms with Crippen LogP contribution in [0.5, 0.6) is 0 Å². The number of halogens is 3. The first-order valence-electron chi connectivity index (χ1n) is 7.71. The minimum Gasteiger partial charge on any atom is -0.380 e. The predicted octanol–water partition coefficient (Wildman–Crippen LogP) is 2.82. The van der Waals surface area contributed by atoms with Crippen molar-refractivity contribution < 1.29 is 17.9 Å². The van der Waals surface area contributed by atoms with Gasteiger partial charge in [0.15, 0.2) is 0 Å². The maximum atomic E-state index is 12.9. The molecule has 0 aromatic carbocycles. The van der Waals surface area contributed by atoms with Crippen molar-refractivity contribution in [3.63, 3.8) is 0 Å². The number of aryl methyl sites for hydroxylation is 1. The third-order valence-corrected chi connectivity index (χ3v) is 3.97. The first-order chi connectivity index (χ1) is 11.7. The summed E-state index contributed by atoms with van der Waals surface area (Å²) in [6.07, 6.45) is -1.97. The molecule has 2 aromatic rings. The molecule has 0 radical (unpaired) electrons. The number of aromatic nitrogens is 4. The van der Waals surface area contributed by atoms with Crippen molar-refractivity contribution in [3.05, 3.63) is 23.7 Å². The number of hydrogen-bond acceptors (Lipinski definition) is 6. The second-order valence-electron chi connectivity index (χ2n) is 6.46. The summed E-state index contributed by atoms with van der Waals surface area (Å²) in [6, 6.07) is 0. The Labute approximate surface area is 142 Å². The van der Waals surface area contributed by atoms with E-state index in [1.54, 1.807) is 10.9 Å². The van der Waals surface area contributed by atoms with Crippen molar-refractivity contribution in [1.82, 2.24) is 19.7 Å². The first kappa shape index (κ1) is 17.5. The van der Waals surface area contributed by atoms with E-state index in [9.17, 15) is 13.2 Å². The maximum absolute atomic E-state index is 12.9. The number of alkyl halides is 3. The Kier molecular flexibility index (Phi) is 4.31. The quantitative estimate of drug-likeness (QED) is 0.858. The summed E-state index contributed by atoms with van der Waals surface area (Å²) in [5.74, 6) is -0.215. The van der Waals surface area contributed by atoms with Crippen LogP contribution in [0, 0.1) is 12.3 Å². The average molecular weight is 356 g/mol. The van der Waals surface area contributed by atoms with Crippen LogP contribution in [0.15, 0.2) is 12.4 Å². The predicted molar refractivity (Wildman–Crippen MR) is 85.8 cm³/mol. The maximum Gasteiger partial charge on any atom is 0.421 e. The van der Waals surface area contributed by atoms with Gasteiger partial charge in [-0.2, -0.15) is 23.3 Å². The molecule has 0 unspecified atom stereocenters. The SMILES string of the molecule is CNc1nc(Nc2cn(CC3(C)COC3)nc2C)ncc1C(F)(F)F. The molecule has 0 atom stereocenters. The molecule has 0 saturated carbocycles. The third-order valence-electron chi connectivity index (χ3n) is 3.97. The lowest BCUT2D eigenvalue weighted by Gasteiger charge is -2.37. The minimum atomic E-state index is -4.52. The Bertz CT molecular complexity index is 769. The number of hydrogen-bond donors (Lipinski definition) is 2. The van der Waals surface area contributed by atoms with Crippen LogP contribution in [0.1, 0.15) is 18.2 Å². The van der Waals surface area contributed by atoms with Gasteiger partial charge in [-0.05, 0) is 6.92 Å². The van der Waals surface area contributed by atoms with Gasteiger partial charge in [0.1, 0.15) is 11.4 Å². The highest BCUT2D eigenvalue weighted by molar-refractivity contribution is 5.57. The van der Waals surface area contributed by atoms with Crippen LogP contribution >= 0.6 is 0 Å². The largest absolute Gasteiger partial charge is 0.421 e. The standard InChI is InChI=1S/C15H19F3N6O/c1-9-11(5-24(23-9)6-14(2)7-25-8-14)21-13-20-4-10(15(16,17)18)12(19-3)22-13/h4-5H,6-8H2,1-3H3,(H2,19,20,21,22). The van der Waals surface area contributed by atoms with Crippen molar-refractivity contribution in [2.75, 3.05) is 30.9 Å². The van der Waals surface area contributed by atoms with Crippen molar-refractivity contribution in [3.8, 4) is 0 Å². The summed E-state index contributed by atoms with van der Waals surface area (Å²) in [5.41, 5.74) is 0.495. The second kappa shape index (κ2) is 6.17. The highest BCUT2D eigenvalue weighted by Crippen LogP contribution is 2.34. The molecular formula is C15H19F3N6O. The van der Waals surface area contributed by atoms with Gasteiger partial charge < -0.3 is 15.4 Å². The summed E-state index contributed by atoms with van der Waals surface area (Å²) in [4.78, 5) is 7.66. The molecule has 0 spiro atoms. The molecular weight excluding hydrogens is 337 g/mol. The molecule has 0 aliphatic carbocycles. The lowest BCUT2D eigenvalue weighted by molar-refractivity contribution is -0.137. The topological polar surface area (TPSA) is 76.9 Å². The van der Waals surface area contributed by atoms with E-state index in [0.717, 1.165) is 6.20 Å². The van der Waals surface area contributed by atoms with E-state index in [-0.39, 0.29) is 17.2 Å². The van der Waals surface area contributed by atoms with Crippen LogP contribution in [0.3, 0.4) is 0 Å². The number of nitrogens with one attached hydrogen (secondary N) is 2. The Morgan fingerprint density at radius 1 is 1.36 bits per heavy atom. The van der Waals surface area contributed by atoms with Crippen molar-refractivity contribution in [2.45, 2.75) is 26.6 Å². The minimum absolute atomic E-state index is 0.0554. The van der Waals surface area contributed by atoms with Gasteiger partial charge in [0.05, 0.1) is 31.1 Å². The molecule has 3 rings (SSSR count). The van der Waals surface area contributed by atoms with E-state index in [2.05, 4.69) is 32.6 Å². The molecule has 2 N–H and O–H groups in total. The molecule has 0 amide bonds. The van der Waals surface area contributed by atoms with Gasteiger partial charge >= 0.3 is 6.18 Å². The van der Waals surface area contributed by atoms with Crippen LogP contribution in [0.2, 0.25) is 0 Å². The molecule has 10 heteroatoms. The van der Waals surface area contributed by atoms with Crippen molar-refractivity contribution in [1.29, 1.82) is 0 Å². The Hall–Kier alpha value is -2.36. The van der Waals surface area contributed by atoms with E-state index in [1.807, 2.05) is 6.92 Å².